The fourth-order valence-electron chi connectivity index (χ4n) is 3.47. The van der Waals surface area contributed by atoms with Crippen molar-refractivity contribution in [3.8, 4) is 17.5 Å². The number of methoxy groups -OCH3 is 1. The number of benzene rings is 1. The van der Waals surface area contributed by atoms with Crippen LogP contribution in [0.1, 0.15) is 32.1 Å². The molecule has 0 atom stereocenters. The van der Waals surface area contributed by atoms with E-state index >= 15 is 0 Å². The molecule has 1 aromatic heterocycles. The summed E-state index contributed by atoms with van der Waals surface area (Å²) in [5.41, 5.74) is 0.272. The number of rotatable bonds is 6. The largest absolute Gasteiger partial charge is 0.497 e. The van der Waals surface area contributed by atoms with Gasteiger partial charge in [-0.1, -0.05) is 37.1 Å². The van der Waals surface area contributed by atoms with Gasteiger partial charge < -0.3 is 9.64 Å². The fraction of sp³-hybridized carbons (Fsp3) is 0.450. The Morgan fingerprint density at radius 3 is 2.89 bits per heavy atom. The first-order valence-corrected chi connectivity index (χ1v) is 10.1. The first kappa shape index (κ1) is 19.3. The summed E-state index contributed by atoms with van der Waals surface area (Å²) >= 11 is 1.38. The SMILES string of the molecule is COc1cccc(-n2ccnc2SCC(=O)N(C)C2(C#N)CCCCC2)c1. The molecule has 0 spiro atoms. The second-order valence-corrected chi connectivity index (χ2v) is 7.67. The molecule has 1 aromatic carbocycles. The fourth-order valence-corrected chi connectivity index (χ4v) is 4.36. The molecule has 1 aliphatic rings. The van der Waals surface area contributed by atoms with Crippen LogP contribution in [-0.2, 0) is 4.79 Å². The molecule has 1 heterocycles. The highest BCUT2D eigenvalue weighted by molar-refractivity contribution is 7.99. The van der Waals surface area contributed by atoms with Gasteiger partial charge in [0.05, 0.1) is 24.6 Å². The standard InChI is InChI=1S/C20H24N4O2S/c1-23(20(15-21)9-4-3-5-10-20)18(25)14-27-19-22-11-12-24(19)16-7-6-8-17(13-16)26-2/h6-8,11-13H,3-5,9-10,14H2,1-2H3. The van der Waals surface area contributed by atoms with Crippen LogP contribution in [0.5, 0.6) is 5.75 Å². The molecule has 1 aliphatic carbocycles. The smallest absolute Gasteiger partial charge is 0.234 e. The highest BCUT2D eigenvalue weighted by atomic mass is 32.2. The van der Waals surface area contributed by atoms with E-state index in [0.717, 1.165) is 48.7 Å². The monoisotopic (exact) mass is 384 g/mol. The number of amides is 1. The average Bonchev–Trinajstić information content (AvgIpc) is 3.20. The predicted octanol–water partition coefficient (Wildman–Crippen LogP) is 3.66. The zero-order chi connectivity index (χ0) is 19.3. The van der Waals surface area contributed by atoms with Crippen LogP contribution in [0.3, 0.4) is 0 Å². The summed E-state index contributed by atoms with van der Waals surface area (Å²) in [5, 5.41) is 10.4. The summed E-state index contributed by atoms with van der Waals surface area (Å²) in [7, 11) is 3.39. The average molecular weight is 385 g/mol. The number of nitriles is 1. The van der Waals surface area contributed by atoms with E-state index in [1.165, 1.54) is 11.8 Å². The summed E-state index contributed by atoms with van der Waals surface area (Å²) in [6, 6.07) is 10.1. The van der Waals surface area contributed by atoms with E-state index in [-0.39, 0.29) is 11.7 Å². The maximum Gasteiger partial charge on any atom is 0.234 e. The van der Waals surface area contributed by atoms with Crippen molar-refractivity contribution < 1.29 is 9.53 Å². The Labute approximate surface area is 164 Å². The summed E-state index contributed by atoms with van der Waals surface area (Å²) in [5.74, 6) is 0.978. The third kappa shape index (κ3) is 4.11. The van der Waals surface area contributed by atoms with Crippen LogP contribution in [0.15, 0.2) is 41.8 Å². The van der Waals surface area contributed by atoms with Crippen molar-refractivity contribution in [2.75, 3.05) is 19.9 Å². The van der Waals surface area contributed by atoms with Gasteiger partial charge in [-0.05, 0) is 25.0 Å². The van der Waals surface area contributed by atoms with Gasteiger partial charge in [-0.25, -0.2) is 4.98 Å². The lowest BCUT2D eigenvalue weighted by molar-refractivity contribution is -0.131. The third-order valence-corrected chi connectivity index (χ3v) is 6.12. The Morgan fingerprint density at radius 2 is 2.19 bits per heavy atom. The molecule has 1 amide bonds. The number of carbonyl (C=O) groups excluding carboxylic acids is 1. The van der Waals surface area contributed by atoms with Crippen molar-refractivity contribution in [2.45, 2.75) is 42.8 Å². The van der Waals surface area contributed by atoms with Gasteiger partial charge in [-0.2, -0.15) is 5.26 Å². The van der Waals surface area contributed by atoms with Gasteiger partial charge in [0.15, 0.2) is 5.16 Å². The molecule has 0 bridgehead atoms. The van der Waals surface area contributed by atoms with Crippen LogP contribution in [-0.4, -0.2) is 45.8 Å². The van der Waals surface area contributed by atoms with Gasteiger partial charge in [0.2, 0.25) is 5.91 Å². The van der Waals surface area contributed by atoms with Gasteiger partial charge in [0, 0.05) is 25.5 Å². The van der Waals surface area contributed by atoms with Crippen molar-refractivity contribution >= 4 is 17.7 Å². The minimum atomic E-state index is -0.655. The topological polar surface area (TPSA) is 71.2 Å². The first-order valence-electron chi connectivity index (χ1n) is 9.08. The minimum absolute atomic E-state index is 0.0383. The van der Waals surface area contributed by atoms with Crippen LogP contribution in [0.25, 0.3) is 5.69 Å². The Kier molecular flexibility index (Phi) is 6.07. The summed E-state index contributed by atoms with van der Waals surface area (Å²) < 4.78 is 7.21. The normalized spacial score (nSPS) is 15.7. The zero-order valence-corrected chi connectivity index (χ0v) is 16.5. The van der Waals surface area contributed by atoms with E-state index in [1.807, 2.05) is 35.0 Å². The quantitative estimate of drug-likeness (QED) is 0.711. The molecule has 0 unspecified atom stereocenters. The lowest BCUT2D eigenvalue weighted by Crippen LogP contribution is -2.50. The lowest BCUT2D eigenvalue weighted by atomic mass is 9.81. The Hall–Kier alpha value is -2.46. The van der Waals surface area contributed by atoms with Gasteiger partial charge in [-0.3, -0.25) is 9.36 Å². The van der Waals surface area contributed by atoms with Crippen molar-refractivity contribution in [3.05, 3.63) is 36.7 Å². The molecule has 27 heavy (non-hydrogen) atoms. The number of aromatic nitrogens is 2. The van der Waals surface area contributed by atoms with E-state index in [4.69, 9.17) is 4.74 Å². The number of hydrogen-bond acceptors (Lipinski definition) is 5. The Balaban J connectivity index is 1.69. The molecule has 0 aliphatic heterocycles. The number of carbonyl (C=O) groups is 1. The molecular weight excluding hydrogens is 360 g/mol. The molecule has 2 aromatic rings. The minimum Gasteiger partial charge on any atom is -0.497 e. The molecule has 7 heteroatoms. The second-order valence-electron chi connectivity index (χ2n) is 6.73. The molecule has 0 radical (unpaired) electrons. The maximum atomic E-state index is 12.7. The van der Waals surface area contributed by atoms with Crippen molar-refractivity contribution in [3.63, 3.8) is 0 Å². The maximum absolute atomic E-state index is 12.7. The van der Waals surface area contributed by atoms with E-state index in [9.17, 15) is 10.1 Å². The van der Waals surface area contributed by atoms with E-state index in [1.54, 1.807) is 25.3 Å². The zero-order valence-electron chi connectivity index (χ0n) is 15.7. The third-order valence-electron chi connectivity index (χ3n) is 5.17. The predicted molar refractivity (Wildman–Crippen MR) is 105 cm³/mol. The van der Waals surface area contributed by atoms with Crippen LogP contribution >= 0.6 is 11.8 Å². The van der Waals surface area contributed by atoms with E-state index in [2.05, 4.69) is 11.1 Å². The molecule has 142 valence electrons. The van der Waals surface area contributed by atoms with Crippen LogP contribution in [0, 0.1) is 11.3 Å². The highest BCUT2D eigenvalue weighted by Gasteiger charge is 2.38. The van der Waals surface area contributed by atoms with Gasteiger partial charge in [-0.15, -0.1) is 0 Å². The van der Waals surface area contributed by atoms with Crippen LogP contribution in [0.4, 0.5) is 0 Å². The molecule has 3 rings (SSSR count). The van der Waals surface area contributed by atoms with Gasteiger partial charge in [0.1, 0.15) is 11.3 Å². The Morgan fingerprint density at radius 1 is 1.41 bits per heavy atom. The lowest BCUT2D eigenvalue weighted by Gasteiger charge is -2.39. The van der Waals surface area contributed by atoms with Crippen molar-refractivity contribution in [2.24, 2.45) is 0 Å². The summed E-state index contributed by atoms with van der Waals surface area (Å²) in [4.78, 5) is 18.8. The molecule has 1 fully saturated rings. The molecule has 0 saturated heterocycles. The molecule has 6 nitrogen and oxygen atoms in total. The number of hydrogen-bond donors (Lipinski definition) is 0. The van der Waals surface area contributed by atoms with Crippen molar-refractivity contribution in [1.29, 1.82) is 5.26 Å². The van der Waals surface area contributed by atoms with Crippen molar-refractivity contribution in [1.82, 2.24) is 14.5 Å². The summed E-state index contributed by atoms with van der Waals surface area (Å²) in [6.45, 7) is 0. The van der Waals surface area contributed by atoms with Crippen LogP contribution in [0.2, 0.25) is 0 Å². The van der Waals surface area contributed by atoms with Crippen LogP contribution < -0.4 is 4.74 Å². The first-order chi connectivity index (χ1) is 13.1. The molecule has 0 N–H and O–H groups in total. The van der Waals surface area contributed by atoms with Gasteiger partial charge >= 0.3 is 0 Å². The van der Waals surface area contributed by atoms with E-state index < -0.39 is 5.54 Å². The molecular formula is C20H24N4O2S. The molecule has 1 saturated carbocycles. The van der Waals surface area contributed by atoms with Gasteiger partial charge in [0.25, 0.3) is 0 Å². The highest BCUT2D eigenvalue weighted by Crippen LogP contribution is 2.33. The number of ether oxygens (including phenoxy) is 1. The van der Waals surface area contributed by atoms with E-state index in [0.29, 0.717) is 0 Å². The summed E-state index contributed by atoms with van der Waals surface area (Å²) in [6.07, 6.45) is 8.23. The Bertz CT molecular complexity index is 837. The number of nitrogens with zero attached hydrogens (tertiary/aromatic N) is 4. The number of thioether (sulfide) groups is 1. The second kappa shape index (κ2) is 8.49. The number of imidazole rings is 1.